The van der Waals surface area contributed by atoms with Crippen LogP contribution in [-0.4, -0.2) is 30.5 Å². The first kappa shape index (κ1) is 10.9. The summed E-state index contributed by atoms with van der Waals surface area (Å²) in [5.41, 5.74) is -0.491. The molecule has 0 N–H and O–H groups in total. The van der Waals surface area contributed by atoms with Gasteiger partial charge in [-0.2, -0.15) is 4.98 Å². The topological polar surface area (TPSA) is 57.4 Å². The minimum absolute atomic E-state index is 0.250. The van der Waals surface area contributed by atoms with Crippen molar-refractivity contribution in [3.05, 3.63) is 11.7 Å². The van der Waals surface area contributed by atoms with E-state index >= 15 is 0 Å². The molecule has 0 unspecified atom stereocenters. The molecule has 2 rings (SSSR count). The lowest BCUT2D eigenvalue weighted by molar-refractivity contribution is -0.111. The predicted molar refractivity (Wildman–Crippen MR) is 52.6 cm³/mol. The molecule has 0 bridgehead atoms. The molecule has 1 aliphatic heterocycles. The molecule has 5 nitrogen and oxygen atoms in total. The maximum absolute atomic E-state index is 5.62. The molecule has 0 amide bonds. The zero-order valence-corrected chi connectivity index (χ0v) is 9.29. The van der Waals surface area contributed by atoms with Crippen LogP contribution >= 0.6 is 11.6 Å². The highest BCUT2D eigenvalue weighted by Gasteiger charge is 2.39. The quantitative estimate of drug-likeness (QED) is 0.739. The van der Waals surface area contributed by atoms with Gasteiger partial charge in [-0.1, -0.05) is 5.16 Å². The average Bonchev–Trinajstić information content (AvgIpc) is 2.79. The first-order chi connectivity index (χ1) is 7.30. The molecule has 1 saturated heterocycles. The van der Waals surface area contributed by atoms with Gasteiger partial charge in [0.15, 0.2) is 11.4 Å². The van der Waals surface area contributed by atoms with Gasteiger partial charge in [0.2, 0.25) is 0 Å². The number of hydrogen-bond acceptors (Lipinski definition) is 5. The third-order valence-electron chi connectivity index (χ3n) is 2.67. The SMILES string of the molecule is COC1(c2nc(CCl)no2)CCOCC1. The van der Waals surface area contributed by atoms with Gasteiger partial charge >= 0.3 is 0 Å². The third-order valence-corrected chi connectivity index (χ3v) is 2.91. The van der Waals surface area contributed by atoms with Gasteiger partial charge in [-0.15, -0.1) is 11.6 Å². The van der Waals surface area contributed by atoms with E-state index in [2.05, 4.69) is 10.1 Å². The van der Waals surface area contributed by atoms with E-state index in [0.29, 0.717) is 24.9 Å². The lowest BCUT2D eigenvalue weighted by Crippen LogP contribution is -2.36. The third kappa shape index (κ3) is 2.00. The van der Waals surface area contributed by atoms with E-state index in [9.17, 15) is 0 Å². The minimum atomic E-state index is -0.491. The van der Waals surface area contributed by atoms with Crippen LogP contribution in [0.3, 0.4) is 0 Å². The molecule has 84 valence electrons. The molecule has 1 aliphatic rings. The maximum atomic E-state index is 5.62. The highest BCUT2D eigenvalue weighted by Crippen LogP contribution is 2.34. The van der Waals surface area contributed by atoms with Crippen LogP contribution in [0.4, 0.5) is 0 Å². The highest BCUT2D eigenvalue weighted by molar-refractivity contribution is 6.16. The van der Waals surface area contributed by atoms with Crippen molar-refractivity contribution in [1.29, 1.82) is 0 Å². The van der Waals surface area contributed by atoms with Crippen molar-refractivity contribution in [3.63, 3.8) is 0 Å². The number of nitrogens with zero attached hydrogens (tertiary/aromatic N) is 2. The highest BCUT2D eigenvalue weighted by atomic mass is 35.5. The Balaban J connectivity index is 2.24. The summed E-state index contributed by atoms with van der Waals surface area (Å²) in [6.45, 7) is 1.29. The summed E-state index contributed by atoms with van der Waals surface area (Å²) in [6.07, 6.45) is 1.46. The number of halogens is 1. The molecule has 1 aromatic heterocycles. The Morgan fingerprint density at radius 2 is 2.20 bits per heavy atom. The van der Waals surface area contributed by atoms with Gasteiger partial charge < -0.3 is 14.0 Å². The number of rotatable bonds is 3. The second-order valence-corrected chi connectivity index (χ2v) is 3.73. The molecule has 15 heavy (non-hydrogen) atoms. The van der Waals surface area contributed by atoms with E-state index in [4.69, 9.17) is 25.6 Å². The predicted octanol–water partition coefficient (Wildman–Crippen LogP) is 1.46. The normalized spacial score (nSPS) is 20.4. The summed E-state index contributed by atoms with van der Waals surface area (Å²) in [5.74, 6) is 1.25. The van der Waals surface area contributed by atoms with Gasteiger partial charge in [0, 0.05) is 33.2 Å². The molecule has 6 heteroatoms. The number of ether oxygens (including phenoxy) is 2. The van der Waals surface area contributed by atoms with Crippen molar-refractivity contribution in [2.75, 3.05) is 20.3 Å². The second-order valence-electron chi connectivity index (χ2n) is 3.46. The molecule has 0 radical (unpaired) electrons. The van der Waals surface area contributed by atoms with Crippen molar-refractivity contribution in [3.8, 4) is 0 Å². The van der Waals surface area contributed by atoms with Gasteiger partial charge in [-0.05, 0) is 0 Å². The average molecular weight is 233 g/mol. The Morgan fingerprint density at radius 3 is 2.73 bits per heavy atom. The summed E-state index contributed by atoms with van der Waals surface area (Å²) in [5, 5.41) is 3.76. The molecule has 1 aromatic rings. The number of alkyl halides is 1. The van der Waals surface area contributed by atoms with Gasteiger partial charge in [0.05, 0.1) is 5.88 Å². The Labute approximate surface area is 92.7 Å². The fraction of sp³-hybridized carbons (Fsp3) is 0.778. The number of aromatic nitrogens is 2. The molecular weight excluding hydrogens is 220 g/mol. The first-order valence-electron chi connectivity index (χ1n) is 4.83. The van der Waals surface area contributed by atoms with Crippen molar-refractivity contribution in [2.24, 2.45) is 0 Å². The van der Waals surface area contributed by atoms with Crippen molar-refractivity contribution in [2.45, 2.75) is 24.3 Å². The second kappa shape index (κ2) is 4.47. The fourth-order valence-corrected chi connectivity index (χ4v) is 1.81. The van der Waals surface area contributed by atoms with E-state index in [0.717, 1.165) is 12.8 Å². The van der Waals surface area contributed by atoms with E-state index in [1.54, 1.807) is 7.11 Å². The number of hydrogen-bond donors (Lipinski definition) is 0. The standard InChI is InChI=1S/C9H13ClN2O3/c1-13-9(2-4-14-5-3-9)8-11-7(6-10)12-15-8/h2-6H2,1H3. The largest absolute Gasteiger partial charge is 0.381 e. The van der Waals surface area contributed by atoms with E-state index in [-0.39, 0.29) is 5.88 Å². The molecule has 2 heterocycles. The lowest BCUT2D eigenvalue weighted by Gasteiger charge is -2.32. The van der Waals surface area contributed by atoms with Crippen molar-refractivity contribution in [1.82, 2.24) is 10.1 Å². The monoisotopic (exact) mass is 232 g/mol. The number of methoxy groups -OCH3 is 1. The maximum Gasteiger partial charge on any atom is 0.259 e. The summed E-state index contributed by atoms with van der Waals surface area (Å²) in [4.78, 5) is 4.21. The summed E-state index contributed by atoms with van der Waals surface area (Å²) < 4.78 is 16.0. The van der Waals surface area contributed by atoms with Crippen LogP contribution in [-0.2, 0) is 21.0 Å². The van der Waals surface area contributed by atoms with Crippen molar-refractivity contribution >= 4 is 11.6 Å². The summed E-state index contributed by atoms with van der Waals surface area (Å²) in [7, 11) is 1.65. The molecule has 0 saturated carbocycles. The molecule has 0 spiro atoms. The smallest absolute Gasteiger partial charge is 0.259 e. The Hall–Kier alpha value is -0.650. The van der Waals surface area contributed by atoms with Gasteiger partial charge in [-0.25, -0.2) is 0 Å². The van der Waals surface area contributed by atoms with E-state index < -0.39 is 5.60 Å². The minimum Gasteiger partial charge on any atom is -0.381 e. The van der Waals surface area contributed by atoms with Crippen LogP contribution in [0, 0.1) is 0 Å². The Kier molecular flexibility index (Phi) is 3.23. The van der Waals surface area contributed by atoms with Gasteiger partial charge in [-0.3, -0.25) is 0 Å². The molecule has 1 fully saturated rings. The molecule has 0 aromatic carbocycles. The van der Waals surface area contributed by atoms with Crippen LogP contribution in [0.2, 0.25) is 0 Å². The van der Waals surface area contributed by atoms with Gasteiger partial charge in [0.1, 0.15) is 0 Å². The zero-order valence-electron chi connectivity index (χ0n) is 8.53. The Bertz CT molecular complexity index is 323. The summed E-state index contributed by atoms with van der Waals surface area (Å²) in [6, 6.07) is 0. The van der Waals surface area contributed by atoms with E-state index in [1.165, 1.54) is 0 Å². The Morgan fingerprint density at radius 1 is 1.47 bits per heavy atom. The molecule has 0 atom stereocenters. The summed E-state index contributed by atoms with van der Waals surface area (Å²) >= 11 is 5.62. The molecule has 0 aliphatic carbocycles. The van der Waals surface area contributed by atoms with E-state index in [1.807, 2.05) is 0 Å². The fourth-order valence-electron chi connectivity index (χ4n) is 1.70. The lowest BCUT2D eigenvalue weighted by atomic mass is 9.94. The van der Waals surface area contributed by atoms with Crippen LogP contribution in [0.5, 0.6) is 0 Å². The first-order valence-corrected chi connectivity index (χ1v) is 5.36. The molecular formula is C9H13ClN2O3. The zero-order chi connectivity index (χ0) is 10.7. The van der Waals surface area contributed by atoms with Gasteiger partial charge in [0.25, 0.3) is 5.89 Å². The van der Waals surface area contributed by atoms with Crippen LogP contribution in [0.1, 0.15) is 24.6 Å². The van der Waals surface area contributed by atoms with Crippen molar-refractivity contribution < 1.29 is 14.0 Å². The van der Waals surface area contributed by atoms with Crippen LogP contribution in [0.15, 0.2) is 4.52 Å². The van der Waals surface area contributed by atoms with Crippen LogP contribution in [0.25, 0.3) is 0 Å². The van der Waals surface area contributed by atoms with Crippen LogP contribution < -0.4 is 0 Å².